The number of carboxylic acids is 1. The summed E-state index contributed by atoms with van der Waals surface area (Å²) in [6, 6.07) is 5.79. The molecule has 1 aliphatic carbocycles. The van der Waals surface area contributed by atoms with E-state index < -0.39 is 12.0 Å². The fraction of sp³-hybridized carbons (Fsp3) is 0.500. The number of carbonyl (C=O) groups excluding carboxylic acids is 1. The molecule has 1 unspecified atom stereocenters. The molecule has 0 bridgehead atoms. The maximum absolute atomic E-state index is 12.9. The summed E-state index contributed by atoms with van der Waals surface area (Å²) in [5.74, 6) is -0.454. The van der Waals surface area contributed by atoms with Crippen LogP contribution in [0.5, 0.6) is 5.75 Å². The zero-order valence-corrected chi connectivity index (χ0v) is 15.5. The Morgan fingerprint density at radius 1 is 1.35 bits per heavy atom. The molecule has 26 heavy (non-hydrogen) atoms. The Morgan fingerprint density at radius 3 is 2.65 bits per heavy atom. The minimum atomic E-state index is -0.926. The number of ether oxygens (including phenoxy) is 1. The van der Waals surface area contributed by atoms with Crippen LogP contribution >= 0.6 is 0 Å². The number of carbonyl (C=O) groups is 2. The second-order valence-corrected chi connectivity index (χ2v) is 7.12. The van der Waals surface area contributed by atoms with Gasteiger partial charge in [-0.05, 0) is 44.9 Å². The third-order valence-electron chi connectivity index (χ3n) is 5.23. The van der Waals surface area contributed by atoms with Crippen LogP contribution in [0.3, 0.4) is 0 Å². The van der Waals surface area contributed by atoms with Gasteiger partial charge in [-0.1, -0.05) is 12.8 Å². The van der Waals surface area contributed by atoms with Gasteiger partial charge in [-0.25, -0.2) is 0 Å². The summed E-state index contributed by atoms with van der Waals surface area (Å²) in [5.41, 5.74) is 2.58. The van der Waals surface area contributed by atoms with Crippen molar-refractivity contribution < 1.29 is 19.4 Å². The monoisotopic (exact) mass is 358 g/mol. The van der Waals surface area contributed by atoms with Gasteiger partial charge >= 0.3 is 5.97 Å². The second kappa shape index (κ2) is 7.40. The summed E-state index contributed by atoms with van der Waals surface area (Å²) >= 11 is 0. The van der Waals surface area contributed by atoms with Gasteiger partial charge in [0.2, 0.25) is 0 Å². The van der Waals surface area contributed by atoms with Crippen LogP contribution in [0.2, 0.25) is 0 Å². The lowest BCUT2D eigenvalue weighted by molar-refractivity contribution is -0.137. The number of nitrogens with zero attached hydrogens (tertiary/aromatic N) is 1. The number of fused-ring (bicyclic) bond motifs is 1. The highest BCUT2D eigenvalue weighted by Crippen LogP contribution is 2.38. The summed E-state index contributed by atoms with van der Waals surface area (Å²) in [7, 11) is 1.61. The van der Waals surface area contributed by atoms with E-state index in [1.807, 2.05) is 25.1 Å². The maximum Gasteiger partial charge on any atom is 0.305 e. The quantitative estimate of drug-likeness (QED) is 0.826. The summed E-state index contributed by atoms with van der Waals surface area (Å²) in [6.07, 6.45) is 4.55. The Labute approximate surface area is 153 Å². The predicted molar refractivity (Wildman–Crippen MR) is 99.9 cm³/mol. The van der Waals surface area contributed by atoms with Crippen molar-refractivity contribution in [3.63, 3.8) is 0 Å². The van der Waals surface area contributed by atoms with Gasteiger partial charge < -0.3 is 19.7 Å². The smallest absolute Gasteiger partial charge is 0.305 e. The van der Waals surface area contributed by atoms with Crippen LogP contribution in [0.25, 0.3) is 10.9 Å². The number of hydrogen-bond donors (Lipinski definition) is 2. The molecular formula is C20H26N2O4. The Hall–Kier alpha value is -2.50. The molecule has 2 aromatic rings. The van der Waals surface area contributed by atoms with Crippen molar-refractivity contribution in [2.75, 3.05) is 7.11 Å². The molecule has 1 fully saturated rings. The molecule has 3 rings (SSSR count). The van der Waals surface area contributed by atoms with E-state index in [-0.39, 0.29) is 12.3 Å². The van der Waals surface area contributed by atoms with Crippen LogP contribution in [0, 0.1) is 6.92 Å². The lowest BCUT2D eigenvalue weighted by Gasteiger charge is -2.17. The Balaban J connectivity index is 2.06. The van der Waals surface area contributed by atoms with E-state index in [1.165, 1.54) is 12.8 Å². The molecule has 1 aliphatic rings. The van der Waals surface area contributed by atoms with Crippen LogP contribution < -0.4 is 10.1 Å². The lowest BCUT2D eigenvalue weighted by atomic mass is 10.1. The first-order chi connectivity index (χ1) is 12.4. The Morgan fingerprint density at radius 2 is 2.04 bits per heavy atom. The molecule has 0 radical (unpaired) electrons. The molecule has 2 N–H and O–H groups in total. The number of amides is 1. The largest absolute Gasteiger partial charge is 0.497 e. The topological polar surface area (TPSA) is 80.6 Å². The van der Waals surface area contributed by atoms with E-state index in [0.717, 1.165) is 29.4 Å². The summed E-state index contributed by atoms with van der Waals surface area (Å²) < 4.78 is 7.62. The van der Waals surface area contributed by atoms with Crippen molar-refractivity contribution in [2.24, 2.45) is 0 Å². The maximum atomic E-state index is 12.9. The average Bonchev–Trinajstić information content (AvgIpc) is 3.18. The molecule has 0 aliphatic heterocycles. The van der Waals surface area contributed by atoms with Crippen LogP contribution in [0.4, 0.5) is 0 Å². The van der Waals surface area contributed by atoms with E-state index in [1.54, 1.807) is 14.0 Å². The fourth-order valence-electron chi connectivity index (χ4n) is 4.08. The molecule has 0 saturated heterocycles. The van der Waals surface area contributed by atoms with Gasteiger partial charge in [0.1, 0.15) is 5.75 Å². The van der Waals surface area contributed by atoms with Crippen LogP contribution in [-0.2, 0) is 4.79 Å². The number of benzene rings is 1. The predicted octanol–water partition coefficient (Wildman–Crippen LogP) is 3.67. The second-order valence-electron chi connectivity index (χ2n) is 7.12. The van der Waals surface area contributed by atoms with Gasteiger partial charge in [-0.15, -0.1) is 0 Å². The van der Waals surface area contributed by atoms with Crippen molar-refractivity contribution in [3.8, 4) is 5.75 Å². The standard InChI is InChI=1S/C20H26N2O4/c1-12(10-18(23)24)21-20(25)19-13(2)22(14-6-4-5-7-14)17-9-8-15(26-3)11-16(17)19/h8-9,11-12,14H,4-7,10H2,1-3H3,(H,21,25)(H,23,24). The summed E-state index contributed by atoms with van der Waals surface area (Å²) in [5, 5.41) is 12.6. The molecule has 1 heterocycles. The number of aromatic nitrogens is 1. The van der Waals surface area contributed by atoms with Crippen molar-refractivity contribution in [3.05, 3.63) is 29.5 Å². The number of aliphatic carboxylic acids is 1. The van der Waals surface area contributed by atoms with Crippen molar-refractivity contribution >= 4 is 22.8 Å². The van der Waals surface area contributed by atoms with E-state index in [0.29, 0.717) is 17.4 Å². The van der Waals surface area contributed by atoms with Gasteiger partial charge in [0.05, 0.1) is 19.1 Å². The Kier molecular flexibility index (Phi) is 5.20. The van der Waals surface area contributed by atoms with E-state index in [2.05, 4.69) is 9.88 Å². The molecule has 1 aromatic carbocycles. The average molecular weight is 358 g/mol. The molecular weight excluding hydrogens is 332 g/mol. The molecule has 1 amide bonds. The summed E-state index contributed by atoms with van der Waals surface area (Å²) in [4.78, 5) is 23.8. The Bertz CT molecular complexity index is 834. The highest BCUT2D eigenvalue weighted by atomic mass is 16.5. The highest BCUT2D eigenvalue weighted by Gasteiger charge is 2.27. The number of carboxylic acid groups (broad SMARTS) is 1. The number of nitrogens with one attached hydrogen (secondary N) is 1. The van der Waals surface area contributed by atoms with Gasteiger partial charge in [0.25, 0.3) is 5.91 Å². The van der Waals surface area contributed by atoms with Crippen molar-refractivity contribution in [2.45, 2.75) is 58.0 Å². The van der Waals surface area contributed by atoms with Crippen LogP contribution in [0.15, 0.2) is 18.2 Å². The summed E-state index contributed by atoms with van der Waals surface area (Å²) in [6.45, 7) is 3.68. The third kappa shape index (κ3) is 3.41. The number of hydrogen-bond acceptors (Lipinski definition) is 3. The zero-order chi connectivity index (χ0) is 18.8. The molecule has 1 aromatic heterocycles. The highest BCUT2D eigenvalue weighted by molar-refractivity contribution is 6.09. The van der Waals surface area contributed by atoms with Crippen molar-refractivity contribution in [1.82, 2.24) is 9.88 Å². The SMILES string of the molecule is COc1ccc2c(c1)c(C(=O)NC(C)CC(=O)O)c(C)n2C1CCCC1. The molecule has 6 nitrogen and oxygen atoms in total. The van der Waals surface area contributed by atoms with Gasteiger partial charge in [-0.2, -0.15) is 0 Å². The first kappa shape index (κ1) is 18.3. The minimum absolute atomic E-state index is 0.102. The minimum Gasteiger partial charge on any atom is -0.497 e. The van der Waals surface area contributed by atoms with Crippen LogP contribution in [-0.4, -0.2) is 34.7 Å². The van der Waals surface area contributed by atoms with Gasteiger partial charge in [0.15, 0.2) is 0 Å². The van der Waals surface area contributed by atoms with E-state index in [9.17, 15) is 9.59 Å². The molecule has 0 spiro atoms. The number of rotatable bonds is 6. The first-order valence-corrected chi connectivity index (χ1v) is 9.13. The number of methoxy groups -OCH3 is 1. The zero-order valence-electron chi connectivity index (χ0n) is 15.5. The molecule has 1 atom stereocenters. The van der Waals surface area contributed by atoms with E-state index >= 15 is 0 Å². The molecule has 140 valence electrons. The first-order valence-electron chi connectivity index (χ1n) is 9.13. The van der Waals surface area contributed by atoms with E-state index in [4.69, 9.17) is 9.84 Å². The van der Waals surface area contributed by atoms with Gasteiger partial charge in [0, 0.05) is 28.7 Å². The normalized spacial score (nSPS) is 16.0. The third-order valence-corrected chi connectivity index (χ3v) is 5.23. The van der Waals surface area contributed by atoms with Crippen LogP contribution in [0.1, 0.15) is 61.1 Å². The van der Waals surface area contributed by atoms with Gasteiger partial charge in [-0.3, -0.25) is 9.59 Å². The molecule has 1 saturated carbocycles. The van der Waals surface area contributed by atoms with Crippen molar-refractivity contribution in [1.29, 1.82) is 0 Å². The lowest BCUT2D eigenvalue weighted by Crippen LogP contribution is -2.34. The fourth-order valence-corrected chi connectivity index (χ4v) is 4.08. The molecule has 6 heteroatoms.